The Bertz CT molecular complexity index is 856. The molecule has 0 atom stereocenters. The van der Waals surface area contributed by atoms with E-state index in [1.54, 1.807) is 18.2 Å². The maximum Gasteiger partial charge on any atom is 0.231 e. The van der Waals surface area contributed by atoms with Gasteiger partial charge in [-0.15, -0.1) is 0 Å². The number of fused-ring (bicyclic) bond motifs is 1. The SMILES string of the molecule is CN(C(=O)Cc1coc2ccc(C(C)(C)C)cc12)c1ccccc1. The first-order valence-electron chi connectivity index (χ1n) is 8.18. The van der Waals surface area contributed by atoms with Gasteiger partial charge in [-0.1, -0.05) is 45.0 Å². The van der Waals surface area contributed by atoms with Gasteiger partial charge in [-0.2, -0.15) is 0 Å². The highest BCUT2D eigenvalue weighted by atomic mass is 16.3. The lowest BCUT2D eigenvalue weighted by Gasteiger charge is -2.19. The molecular weight excluding hydrogens is 298 g/mol. The molecule has 1 amide bonds. The van der Waals surface area contributed by atoms with Gasteiger partial charge in [0.25, 0.3) is 0 Å². The molecule has 0 fully saturated rings. The molecular formula is C21H23NO2. The van der Waals surface area contributed by atoms with Gasteiger partial charge in [0.1, 0.15) is 5.58 Å². The minimum absolute atomic E-state index is 0.0464. The Morgan fingerprint density at radius 2 is 1.79 bits per heavy atom. The molecule has 124 valence electrons. The van der Waals surface area contributed by atoms with Crippen molar-refractivity contribution in [2.45, 2.75) is 32.6 Å². The fourth-order valence-corrected chi connectivity index (χ4v) is 2.76. The van der Waals surface area contributed by atoms with E-state index in [0.29, 0.717) is 6.42 Å². The fraction of sp³-hybridized carbons (Fsp3) is 0.286. The van der Waals surface area contributed by atoms with E-state index in [-0.39, 0.29) is 11.3 Å². The van der Waals surface area contributed by atoms with Gasteiger partial charge in [-0.3, -0.25) is 4.79 Å². The van der Waals surface area contributed by atoms with E-state index in [1.165, 1.54) is 5.56 Å². The third kappa shape index (κ3) is 3.21. The second-order valence-corrected chi connectivity index (χ2v) is 7.19. The quantitative estimate of drug-likeness (QED) is 0.685. The second kappa shape index (κ2) is 6.16. The van der Waals surface area contributed by atoms with Crippen molar-refractivity contribution in [3.63, 3.8) is 0 Å². The Hall–Kier alpha value is -2.55. The standard InChI is InChI=1S/C21H23NO2/c1-21(2,3)16-10-11-19-18(13-16)15(14-24-19)12-20(23)22(4)17-8-6-5-7-9-17/h5-11,13-14H,12H2,1-4H3. The molecule has 0 spiro atoms. The summed E-state index contributed by atoms with van der Waals surface area (Å²) >= 11 is 0. The number of carbonyl (C=O) groups is 1. The first-order chi connectivity index (χ1) is 11.4. The van der Waals surface area contributed by atoms with E-state index >= 15 is 0 Å². The first-order valence-corrected chi connectivity index (χ1v) is 8.18. The van der Waals surface area contributed by atoms with Crippen LogP contribution >= 0.6 is 0 Å². The van der Waals surface area contributed by atoms with Crippen molar-refractivity contribution in [3.8, 4) is 0 Å². The summed E-state index contributed by atoms with van der Waals surface area (Å²) in [4.78, 5) is 14.3. The number of furan rings is 1. The zero-order valence-electron chi connectivity index (χ0n) is 14.7. The smallest absolute Gasteiger partial charge is 0.231 e. The molecule has 3 rings (SSSR count). The number of nitrogens with zero attached hydrogens (tertiary/aromatic N) is 1. The van der Waals surface area contributed by atoms with Crippen molar-refractivity contribution in [1.82, 2.24) is 0 Å². The van der Waals surface area contributed by atoms with Crippen LogP contribution in [0.25, 0.3) is 11.0 Å². The summed E-state index contributed by atoms with van der Waals surface area (Å²) < 4.78 is 5.63. The number of carbonyl (C=O) groups excluding carboxylic acids is 1. The van der Waals surface area contributed by atoms with Crippen LogP contribution in [-0.4, -0.2) is 13.0 Å². The lowest BCUT2D eigenvalue weighted by molar-refractivity contribution is -0.117. The van der Waals surface area contributed by atoms with Crippen LogP contribution in [0.5, 0.6) is 0 Å². The summed E-state index contributed by atoms with van der Waals surface area (Å²) in [6, 6.07) is 15.9. The van der Waals surface area contributed by atoms with Crippen LogP contribution in [-0.2, 0) is 16.6 Å². The van der Waals surface area contributed by atoms with Gasteiger partial charge in [-0.25, -0.2) is 0 Å². The second-order valence-electron chi connectivity index (χ2n) is 7.19. The number of hydrogen-bond acceptors (Lipinski definition) is 2. The van der Waals surface area contributed by atoms with Crippen molar-refractivity contribution in [2.24, 2.45) is 0 Å². The number of likely N-dealkylation sites (N-methyl/N-ethyl adjacent to an activating group) is 1. The molecule has 1 aromatic heterocycles. The summed E-state index contributed by atoms with van der Waals surface area (Å²) in [7, 11) is 1.81. The van der Waals surface area contributed by atoms with Gasteiger partial charge in [0.2, 0.25) is 5.91 Å². The van der Waals surface area contributed by atoms with Crippen LogP contribution in [0.1, 0.15) is 31.9 Å². The lowest BCUT2D eigenvalue weighted by atomic mass is 9.86. The molecule has 1 heterocycles. The number of para-hydroxylation sites is 1. The summed E-state index contributed by atoms with van der Waals surface area (Å²) in [6.45, 7) is 6.55. The summed E-state index contributed by atoms with van der Waals surface area (Å²) in [5.74, 6) is 0.0464. The zero-order chi connectivity index (χ0) is 17.3. The number of rotatable bonds is 3. The molecule has 0 saturated heterocycles. The van der Waals surface area contributed by atoms with Crippen LogP contribution in [0.4, 0.5) is 5.69 Å². The summed E-state index contributed by atoms with van der Waals surface area (Å²) in [5.41, 5.74) is 3.96. The van der Waals surface area contributed by atoms with Gasteiger partial charge in [0, 0.05) is 23.7 Å². The Morgan fingerprint density at radius 1 is 1.08 bits per heavy atom. The molecule has 0 bridgehead atoms. The molecule has 3 aromatic rings. The van der Waals surface area contributed by atoms with Gasteiger partial charge >= 0.3 is 0 Å². The molecule has 3 nitrogen and oxygen atoms in total. The van der Waals surface area contributed by atoms with Crippen molar-refractivity contribution < 1.29 is 9.21 Å². The highest BCUT2D eigenvalue weighted by molar-refractivity contribution is 5.96. The molecule has 0 aliphatic rings. The predicted octanol–water partition coefficient (Wildman–Crippen LogP) is 4.94. The maximum absolute atomic E-state index is 12.6. The molecule has 0 aliphatic heterocycles. The summed E-state index contributed by atoms with van der Waals surface area (Å²) in [6.07, 6.45) is 2.03. The van der Waals surface area contributed by atoms with Crippen molar-refractivity contribution in [2.75, 3.05) is 11.9 Å². The zero-order valence-corrected chi connectivity index (χ0v) is 14.7. The van der Waals surface area contributed by atoms with E-state index in [2.05, 4.69) is 32.9 Å². The molecule has 0 aliphatic carbocycles. The van der Waals surface area contributed by atoms with E-state index in [0.717, 1.165) is 22.2 Å². The van der Waals surface area contributed by atoms with Crippen LogP contribution in [0.3, 0.4) is 0 Å². The Balaban J connectivity index is 1.88. The molecule has 24 heavy (non-hydrogen) atoms. The maximum atomic E-state index is 12.6. The van der Waals surface area contributed by atoms with Crippen molar-refractivity contribution in [3.05, 3.63) is 65.9 Å². The topological polar surface area (TPSA) is 33.5 Å². The minimum Gasteiger partial charge on any atom is -0.464 e. The van der Waals surface area contributed by atoms with Gasteiger partial charge in [0.05, 0.1) is 12.7 Å². The highest BCUT2D eigenvalue weighted by Gasteiger charge is 2.18. The number of hydrogen-bond donors (Lipinski definition) is 0. The van der Waals surface area contributed by atoms with E-state index in [1.807, 2.05) is 36.4 Å². The van der Waals surface area contributed by atoms with E-state index in [9.17, 15) is 4.79 Å². The Kier molecular flexibility index (Phi) is 4.18. The Labute approximate surface area is 142 Å². The van der Waals surface area contributed by atoms with Gasteiger partial charge in [0.15, 0.2) is 0 Å². The van der Waals surface area contributed by atoms with Crippen molar-refractivity contribution >= 4 is 22.6 Å². The molecule has 3 heteroatoms. The third-order valence-corrected chi connectivity index (χ3v) is 4.38. The number of anilines is 1. The lowest BCUT2D eigenvalue weighted by Crippen LogP contribution is -2.27. The normalized spacial score (nSPS) is 11.7. The van der Waals surface area contributed by atoms with Crippen LogP contribution in [0.15, 0.2) is 59.2 Å². The third-order valence-electron chi connectivity index (χ3n) is 4.38. The molecule has 0 saturated carbocycles. The van der Waals surface area contributed by atoms with Crippen molar-refractivity contribution in [1.29, 1.82) is 0 Å². The van der Waals surface area contributed by atoms with E-state index in [4.69, 9.17) is 4.42 Å². The molecule has 0 radical (unpaired) electrons. The highest BCUT2D eigenvalue weighted by Crippen LogP contribution is 2.29. The Morgan fingerprint density at radius 3 is 2.46 bits per heavy atom. The van der Waals surface area contributed by atoms with Gasteiger partial charge < -0.3 is 9.32 Å². The number of amides is 1. The van der Waals surface area contributed by atoms with Gasteiger partial charge in [-0.05, 0) is 35.2 Å². The average Bonchev–Trinajstić information content (AvgIpc) is 2.96. The molecule has 0 N–H and O–H groups in total. The van der Waals surface area contributed by atoms with Crippen LogP contribution in [0.2, 0.25) is 0 Å². The largest absolute Gasteiger partial charge is 0.464 e. The average molecular weight is 321 g/mol. The monoisotopic (exact) mass is 321 g/mol. The van der Waals surface area contributed by atoms with Crippen LogP contribution < -0.4 is 4.90 Å². The molecule has 0 unspecified atom stereocenters. The predicted molar refractivity (Wildman–Crippen MR) is 98.5 cm³/mol. The molecule has 2 aromatic carbocycles. The minimum atomic E-state index is 0.0464. The number of benzene rings is 2. The first kappa shape index (κ1) is 16.3. The fourth-order valence-electron chi connectivity index (χ4n) is 2.76. The van der Waals surface area contributed by atoms with E-state index < -0.39 is 0 Å². The summed E-state index contributed by atoms with van der Waals surface area (Å²) in [5, 5.41) is 1.03. The van der Waals surface area contributed by atoms with Crippen LogP contribution in [0, 0.1) is 0 Å².